The quantitative estimate of drug-likeness (QED) is 0.0222. The lowest BCUT2D eigenvalue weighted by atomic mass is 9.99. The Balaban J connectivity index is 5.21. The fraction of sp³-hybridized carbons (Fsp3) is 0.951. The second kappa shape index (κ2) is 71.3. The molecule has 0 amide bonds. The molecule has 6 atom stereocenters. The van der Waals surface area contributed by atoms with Crippen LogP contribution in [-0.4, -0.2) is 96.7 Å². The molecule has 19 heteroatoms. The summed E-state index contributed by atoms with van der Waals surface area (Å²) in [5, 5.41) is 10.6. The average molecular weight is 1470 g/mol. The highest BCUT2D eigenvalue weighted by Crippen LogP contribution is 2.45. The summed E-state index contributed by atoms with van der Waals surface area (Å²) in [4.78, 5) is 73.0. The second-order valence-electron chi connectivity index (χ2n) is 30.4. The number of esters is 4. The molecule has 0 heterocycles. The van der Waals surface area contributed by atoms with Crippen molar-refractivity contribution in [3.63, 3.8) is 0 Å². The van der Waals surface area contributed by atoms with Crippen molar-refractivity contribution in [1.29, 1.82) is 0 Å². The lowest BCUT2D eigenvalue weighted by Gasteiger charge is -2.21. The van der Waals surface area contributed by atoms with Crippen LogP contribution in [0.1, 0.15) is 421 Å². The van der Waals surface area contributed by atoms with E-state index < -0.39 is 97.5 Å². The van der Waals surface area contributed by atoms with Gasteiger partial charge in [-0.3, -0.25) is 37.3 Å². The van der Waals surface area contributed by atoms with Gasteiger partial charge in [0.2, 0.25) is 0 Å². The van der Waals surface area contributed by atoms with Gasteiger partial charge in [-0.25, -0.2) is 9.13 Å². The Kier molecular flexibility index (Phi) is 69.9. The third-order valence-electron chi connectivity index (χ3n) is 19.2. The first kappa shape index (κ1) is 98.1. The molecule has 0 rings (SSSR count). The van der Waals surface area contributed by atoms with Gasteiger partial charge in [-0.1, -0.05) is 370 Å². The molecule has 0 spiro atoms. The van der Waals surface area contributed by atoms with Gasteiger partial charge in [0.05, 0.1) is 26.4 Å². The molecule has 0 aliphatic carbocycles. The van der Waals surface area contributed by atoms with E-state index in [0.717, 1.165) is 108 Å². The molecule has 0 saturated carbocycles. The van der Waals surface area contributed by atoms with E-state index in [9.17, 15) is 43.2 Å². The van der Waals surface area contributed by atoms with Crippen LogP contribution in [0.2, 0.25) is 0 Å². The van der Waals surface area contributed by atoms with Gasteiger partial charge in [-0.15, -0.1) is 0 Å². The van der Waals surface area contributed by atoms with Crippen LogP contribution in [-0.2, 0) is 65.4 Å². The van der Waals surface area contributed by atoms with Gasteiger partial charge in [-0.2, -0.15) is 0 Å². The normalized spacial score (nSPS) is 14.2. The van der Waals surface area contributed by atoms with Crippen LogP contribution >= 0.6 is 15.6 Å². The van der Waals surface area contributed by atoms with E-state index in [2.05, 4.69) is 48.5 Å². The molecule has 0 aromatic heterocycles. The largest absolute Gasteiger partial charge is 0.472 e. The number of aliphatic hydroxyl groups is 1. The summed E-state index contributed by atoms with van der Waals surface area (Å²) in [5.74, 6) is 0.221. The summed E-state index contributed by atoms with van der Waals surface area (Å²) < 4.78 is 68.7. The maximum atomic E-state index is 13.1. The fourth-order valence-corrected chi connectivity index (χ4v) is 14.0. The van der Waals surface area contributed by atoms with Gasteiger partial charge in [0.25, 0.3) is 0 Å². The number of aliphatic hydroxyl groups excluding tert-OH is 1. The molecule has 0 fully saturated rings. The molecule has 0 radical (unpaired) electrons. The minimum Gasteiger partial charge on any atom is -0.462 e. The van der Waals surface area contributed by atoms with Gasteiger partial charge >= 0.3 is 39.5 Å². The molecule has 0 aliphatic heterocycles. The van der Waals surface area contributed by atoms with Gasteiger partial charge in [0.15, 0.2) is 12.2 Å². The van der Waals surface area contributed by atoms with Crippen LogP contribution in [0.15, 0.2) is 0 Å². The van der Waals surface area contributed by atoms with E-state index >= 15 is 0 Å². The predicted octanol–water partition coefficient (Wildman–Crippen LogP) is 24.1. The number of rotatable bonds is 79. The first-order valence-corrected chi connectivity index (χ1v) is 44.9. The minimum absolute atomic E-state index is 0.105. The van der Waals surface area contributed by atoms with Gasteiger partial charge in [-0.05, 0) is 43.4 Å². The van der Waals surface area contributed by atoms with E-state index in [-0.39, 0.29) is 25.7 Å². The van der Waals surface area contributed by atoms with Crippen molar-refractivity contribution in [3.8, 4) is 0 Å². The first-order chi connectivity index (χ1) is 48.3. The van der Waals surface area contributed by atoms with Crippen molar-refractivity contribution >= 4 is 39.5 Å². The summed E-state index contributed by atoms with van der Waals surface area (Å²) in [7, 11) is -9.92. The maximum Gasteiger partial charge on any atom is 0.472 e. The van der Waals surface area contributed by atoms with E-state index in [1.54, 1.807) is 0 Å². The number of phosphoric acid groups is 2. The summed E-state index contributed by atoms with van der Waals surface area (Å²) in [5.41, 5.74) is 0. The number of ether oxygens (including phenoxy) is 4. The molecule has 0 bridgehead atoms. The van der Waals surface area contributed by atoms with Crippen LogP contribution in [0.5, 0.6) is 0 Å². The monoisotopic (exact) mass is 1470 g/mol. The summed E-state index contributed by atoms with van der Waals surface area (Å²) in [6.45, 7) is 11.9. The zero-order valence-electron chi connectivity index (χ0n) is 65.7. The maximum absolute atomic E-state index is 13.1. The lowest BCUT2D eigenvalue weighted by molar-refractivity contribution is -0.161. The molecule has 0 aliphatic rings. The van der Waals surface area contributed by atoms with Gasteiger partial charge in [0, 0.05) is 25.7 Å². The molecule has 3 N–H and O–H groups in total. The highest BCUT2D eigenvalue weighted by Gasteiger charge is 2.30. The van der Waals surface area contributed by atoms with Crippen molar-refractivity contribution in [1.82, 2.24) is 0 Å². The molecule has 100 heavy (non-hydrogen) atoms. The smallest absolute Gasteiger partial charge is 0.462 e. The predicted molar refractivity (Wildman–Crippen MR) is 409 cm³/mol. The van der Waals surface area contributed by atoms with Gasteiger partial charge < -0.3 is 33.8 Å². The molecule has 0 saturated heterocycles. The highest BCUT2D eigenvalue weighted by atomic mass is 31.2. The SMILES string of the molecule is CCCCCCCCCCCCCCCCCC(=O)OC[C@H](COP(=O)(O)OC[C@@H](O)COP(=O)(O)OC[C@@H](COC(=O)CCCCCCCCCCC(C)C)OC(=O)CCCCCCCCCCCC(C)C)OC(=O)CCCCCCCCCCCCCCCCCCCCC(C)CC. The Hall–Kier alpha value is -1.94. The fourth-order valence-electron chi connectivity index (χ4n) is 12.5. The number of carbonyl (C=O) groups excluding carboxylic acids is 4. The van der Waals surface area contributed by atoms with Crippen molar-refractivity contribution in [3.05, 3.63) is 0 Å². The number of phosphoric ester groups is 2. The zero-order valence-corrected chi connectivity index (χ0v) is 67.5. The highest BCUT2D eigenvalue weighted by molar-refractivity contribution is 7.47. The van der Waals surface area contributed by atoms with Crippen LogP contribution < -0.4 is 0 Å². The average Bonchev–Trinajstić information content (AvgIpc) is 0.921. The molecule has 3 unspecified atom stereocenters. The third-order valence-corrected chi connectivity index (χ3v) is 21.1. The Morgan fingerprint density at radius 1 is 0.290 bits per heavy atom. The Morgan fingerprint density at radius 3 is 0.760 bits per heavy atom. The molecule has 17 nitrogen and oxygen atoms in total. The number of hydrogen-bond donors (Lipinski definition) is 3. The van der Waals surface area contributed by atoms with E-state index in [1.807, 2.05) is 0 Å². The van der Waals surface area contributed by atoms with Crippen molar-refractivity contribution in [2.75, 3.05) is 39.6 Å². The van der Waals surface area contributed by atoms with Crippen LogP contribution in [0.3, 0.4) is 0 Å². The number of unbranched alkanes of at least 4 members (excludes halogenated alkanes) is 46. The Bertz CT molecular complexity index is 1940. The van der Waals surface area contributed by atoms with Gasteiger partial charge in [0.1, 0.15) is 19.3 Å². The van der Waals surface area contributed by atoms with Crippen LogP contribution in [0, 0.1) is 17.8 Å². The molecular formula is C81H158O17P2. The second-order valence-corrected chi connectivity index (χ2v) is 33.3. The molecule has 594 valence electrons. The minimum atomic E-state index is -4.96. The molecule has 0 aromatic rings. The van der Waals surface area contributed by atoms with Crippen molar-refractivity contribution in [2.45, 2.75) is 439 Å². The molecular weight excluding hydrogens is 1310 g/mol. The van der Waals surface area contributed by atoms with E-state index in [0.29, 0.717) is 25.7 Å². The summed E-state index contributed by atoms with van der Waals surface area (Å²) in [6, 6.07) is 0. The number of hydrogen-bond acceptors (Lipinski definition) is 15. The summed E-state index contributed by atoms with van der Waals surface area (Å²) >= 11 is 0. The number of carbonyl (C=O) groups is 4. The first-order valence-electron chi connectivity index (χ1n) is 41.9. The van der Waals surface area contributed by atoms with E-state index in [1.165, 1.54) is 231 Å². The Labute approximate surface area is 613 Å². The van der Waals surface area contributed by atoms with Crippen molar-refractivity contribution in [2.24, 2.45) is 17.8 Å². The van der Waals surface area contributed by atoms with Crippen molar-refractivity contribution < 1.29 is 80.2 Å². The lowest BCUT2D eigenvalue weighted by Crippen LogP contribution is -2.30. The Morgan fingerprint density at radius 2 is 0.510 bits per heavy atom. The third kappa shape index (κ3) is 73.0. The zero-order chi connectivity index (χ0) is 73.7. The van der Waals surface area contributed by atoms with Crippen LogP contribution in [0.25, 0.3) is 0 Å². The topological polar surface area (TPSA) is 237 Å². The summed E-state index contributed by atoms with van der Waals surface area (Å²) in [6.07, 6.45) is 59.7. The molecule has 0 aromatic carbocycles. The standard InChI is InChI=1S/C81H158O17P2/c1-8-10-11-12-13-14-15-16-21-25-28-33-41-48-55-62-78(83)91-68-76(97-80(85)64-57-50-43-34-29-26-23-20-18-17-19-22-24-27-32-40-47-54-61-74(7)9-2)70-95-99(87,88)93-66-75(82)67-94-100(89,90)96-71-77(69-92-79(84)63-56-49-42-37-36-39-46-53-60-73(5)6)98-81(86)65-58-51-44-35-30-31-38-45-52-59-72(3)4/h72-77,82H,8-71H2,1-7H3,(H,87,88)(H,89,90)/t74?,75-,76-,77-/m1/s1. The van der Waals surface area contributed by atoms with E-state index in [4.69, 9.17) is 37.0 Å². The van der Waals surface area contributed by atoms with Crippen LogP contribution in [0.4, 0.5) is 0 Å².